The Bertz CT molecular complexity index is 913. The molecule has 0 saturated heterocycles. The third-order valence-corrected chi connectivity index (χ3v) is 4.31. The van der Waals surface area contributed by atoms with Crippen LogP contribution in [0.4, 0.5) is 0 Å². The summed E-state index contributed by atoms with van der Waals surface area (Å²) in [7, 11) is 0. The second-order valence-corrected chi connectivity index (χ2v) is 7.02. The van der Waals surface area contributed by atoms with Gasteiger partial charge in [0.15, 0.2) is 0 Å². The average Bonchev–Trinajstić information content (AvgIpc) is 2.61. The van der Waals surface area contributed by atoms with Crippen molar-refractivity contribution in [2.45, 2.75) is 27.2 Å². The molecule has 2 aromatic carbocycles. The molecule has 1 N–H and O–H groups in total. The van der Waals surface area contributed by atoms with E-state index in [-0.39, 0.29) is 5.56 Å². The first kappa shape index (κ1) is 17.9. The van der Waals surface area contributed by atoms with Gasteiger partial charge in [-0.25, -0.2) is 4.79 Å². The molecule has 0 saturated carbocycles. The molecule has 3 aromatic rings. The van der Waals surface area contributed by atoms with Crippen LogP contribution in [0.15, 0.2) is 60.7 Å². The van der Waals surface area contributed by atoms with Crippen LogP contribution in [0.2, 0.25) is 0 Å². The van der Waals surface area contributed by atoms with Crippen molar-refractivity contribution < 1.29 is 9.90 Å². The molecule has 3 nitrogen and oxygen atoms in total. The maximum atomic E-state index is 12.1. The zero-order chi connectivity index (χ0) is 18.7. The van der Waals surface area contributed by atoms with Crippen molar-refractivity contribution in [1.29, 1.82) is 0 Å². The van der Waals surface area contributed by atoms with Gasteiger partial charge in [0.2, 0.25) is 0 Å². The first-order chi connectivity index (χ1) is 12.5. The summed E-state index contributed by atoms with van der Waals surface area (Å²) >= 11 is 0. The normalized spacial score (nSPS) is 10.9. The number of rotatable bonds is 5. The van der Waals surface area contributed by atoms with Crippen LogP contribution in [-0.2, 0) is 6.42 Å². The number of carbonyl (C=O) groups is 1. The molecule has 0 atom stereocenters. The molecular weight excluding hydrogens is 322 g/mol. The molecule has 0 aliphatic rings. The molecule has 0 bridgehead atoms. The molecule has 0 spiro atoms. The second kappa shape index (κ2) is 7.52. The van der Waals surface area contributed by atoms with E-state index in [1.807, 2.05) is 67.6 Å². The van der Waals surface area contributed by atoms with E-state index in [2.05, 4.69) is 13.8 Å². The lowest BCUT2D eigenvalue weighted by Gasteiger charge is -2.15. The molecular formula is C23H23NO2. The highest BCUT2D eigenvalue weighted by Gasteiger charge is 2.21. The third kappa shape index (κ3) is 3.83. The number of carboxylic acids is 1. The second-order valence-electron chi connectivity index (χ2n) is 7.02. The fourth-order valence-electron chi connectivity index (χ4n) is 3.10. The summed E-state index contributed by atoms with van der Waals surface area (Å²) in [6.45, 7) is 6.30. The summed E-state index contributed by atoms with van der Waals surface area (Å²) in [4.78, 5) is 16.9. The number of hydrogen-bond acceptors (Lipinski definition) is 2. The Morgan fingerprint density at radius 3 is 2.23 bits per heavy atom. The van der Waals surface area contributed by atoms with Crippen molar-refractivity contribution in [3.63, 3.8) is 0 Å². The SMILES string of the molecule is Cc1ccc(-c2cc(CC(C)C)nc(-c3ccccc3)c2C(=O)O)cc1. The van der Waals surface area contributed by atoms with Gasteiger partial charge in [-0.05, 0) is 30.9 Å². The molecule has 0 fully saturated rings. The molecule has 0 unspecified atom stereocenters. The maximum absolute atomic E-state index is 12.1. The quantitative estimate of drug-likeness (QED) is 0.653. The van der Waals surface area contributed by atoms with Gasteiger partial charge < -0.3 is 5.11 Å². The van der Waals surface area contributed by atoms with Crippen molar-refractivity contribution in [3.8, 4) is 22.4 Å². The summed E-state index contributed by atoms with van der Waals surface area (Å²) in [6, 6.07) is 19.4. The van der Waals surface area contributed by atoms with Gasteiger partial charge in [-0.15, -0.1) is 0 Å². The topological polar surface area (TPSA) is 50.2 Å². The Morgan fingerprint density at radius 2 is 1.65 bits per heavy atom. The number of aromatic carboxylic acids is 1. The Morgan fingerprint density at radius 1 is 1.00 bits per heavy atom. The fourth-order valence-corrected chi connectivity index (χ4v) is 3.10. The van der Waals surface area contributed by atoms with Gasteiger partial charge in [-0.2, -0.15) is 0 Å². The zero-order valence-electron chi connectivity index (χ0n) is 15.4. The summed E-state index contributed by atoms with van der Waals surface area (Å²) in [5.74, 6) is -0.518. The lowest BCUT2D eigenvalue weighted by molar-refractivity contribution is 0.0698. The number of benzene rings is 2. The summed E-state index contributed by atoms with van der Waals surface area (Å²) < 4.78 is 0. The maximum Gasteiger partial charge on any atom is 0.338 e. The van der Waals surface area contributed by atoms with Crippen LogP contribution in [0.1, 0.15) is 35.5 Å². The highest BCUT2D eigenvalue weighted by Crippen LogP contribution is 2.33. The number of pyridine rings is 1. The Labute approximate surface area is 154 Å². The van der Waals surface area contributed by atoms with E-state index in [1.165, 1.54) is 0 Å². The van der Waals surface area contributed by atoms with Crippen LogP contribution in [0.3, 0.4) is 0 Å². The highest BCUT2D eigenvalue weighted by molar-refractivity contribution is 6.02. The lowest BCUT2D eigenvalue weighted by atomic mass is 9.93. The predicted molar refractivity (Wildman–Crippen MR) is 105 cm³/mol. The standard InChI is InChI=1S/C23H23NO2/c1-15(2)13-19-14-20(17-11-9-16(3)10-12-17)21(23(25)26)22(24-19)18-7-5-4-6-8-18/h4-12,14-15H,13H2,1-3H3,(H,25,26). The molecule has 0 amide bonds. The summed E-state index contributed by atoms with van der Waals surface area (Å²) in [5, 5.41) is 9.96. The van der Waals surface area contributed by atoms with Gasteiger partial charge in [0, 0.05) is 16.8 Å². The van der Waals surface area contributed by atoms with Crippen molar-refractivity contribution in [2.24, 2.45) is 5.92 Å². The fraction of sp³-hybridized carbons (Fsp3) is 0.217. The van der Waals surface area contributed by atoms with Crippen LogP contribution < -0.4 is 0 Å². The smallest absolute Gasteiger partial charge is 0.338 e. The van der Waals surface area contributed by atoms with Gasteiger partial charge in [0.25, 0.3) is 0 Å². The average molecular weight is 345 g/mol. The van der Waals surface area contributed by atoms with Crippen molar-refractivity contribution in [1.82, 2.24) is 4.98 Å². The van der Waals surface area contributed by atoms with Crippen molar-refractivity contribution >= 4 is 5.97 Å². The minimum Gasteiger partial charge on any atom is -0.478 e. The van der Waals surface area contributed by atoms with Crippen LogP contribution in [0, 0.1) is 12.8 Å². The minimum absolute atomic E-state index is 0.257. The van der Waals surface area contributed by atoms with Crippen LogP contribution in [-0.4, -0.2) is 16.1 Å². The van der Waals surface area contributed by atoms with Crippen LogP contribution in [0.5, 0.6) is 0 Å². The number of hydrogen-bond donors (Lipinski definition) is 1. The Kier molecular flexibility index (Phi) is 5.17. The third-order valence-electron chi connectivity index (χ3n) is 4.31. The summed E-state index contributed by atoms with van der Waals surface area (Å²) in [5.41, 5.74) is 5.30. The first-order valence-electron chi connectivity index (χ1n) is 8.85. The van der Waals surface area contributed by atoms with E-state index in [0.29, 0.717) is 11.6 Å². The molecule has 1 aromatic heterocycles. The molecule has 3 heteroatoms. The zero-order valence-corrected chi connectivity index (χ0v) is 15.4. The van der Waals surface area contributed by atoms with Gasteiger partial charge in [-0.1, -0.05) is 74.0 Å². The van der Waals surface area contributed by atoms with E-state index in [9.17, 15) is 9.90 Å². The van der Waals surface area contributed by atoms with Gasteiger partial charge in [-0.3, -0.25) is 4.98 Å². The van der Waals surface area contributed by atoms with E-state index < -0.39 is 5.97 Å². The Hall–Kier alpha value is -2.94. The molecule has 26 heavy (non-hydrogen) atoms. The molecule has 0 aliphatic carbocycles. The lowest BCUT2D eigenvalue weighted by Crippen LogP contribution is -2.08. The monoisotopic (exact) mass is 345 g/mol. The Balaban J connectivity index is 2.30. The highest BCUT2D eigenvalue weighted by atomic mass is 16.4. The first-order valence-corrected chi connectivity index (χ1v) is 8.85. The number of nitrogens with zero attached hydrogens (tertiary/aromatic N) is 1. The van der Waals surface area contributed by atoms with E-state index >= 15 is 0 Å². The molecule has 0 aliphatic heterocycles. The molecule has 132 valence electrons. The van der Waals surface area contributed by atoms with Gasteiger partial charge >= 0.3 is 5.97 Å². The molecule has 0 radical (unpaired) electrons. The van der Waals surface area contributed by atoms with E-state index in [1.54, 1.807) is 0 Å². The van der Waals surface area contributed by atoms with Crippen molar-refractivity contribution in [3.05, 3.63) is 77.5 Å². The minimum atomic E-state index is -0.956. The molecule has 3 rings (SSSR count). The van der Waals surface area contributed by atoms with Crippen molar-refractivity contribution in [2.75, 3.05) is 0 Å². The summed E-state index contributed by atoms with van der Waals surface area (Å²) in [6.07, 6.45) is 0.804. The van der Waals surface area contributed by atoms with E-state index in [0.717, 1.165) is 34.4 Å². The van der Waals surface area contributed by atoms with Crippen LogP contribution in [0.25, 0.3) is 22.4 Å². The molecule has 1 heterocycles. The number of aryl methyl sites for hydroxylation is 1. The van der Waals surface area contributed by atoms with Gasteiger partial charge in [0.05, 0.1) is 11.3 Å². The van der Waals surface area contributed by atoms with Crippen LogP contribution >= 0.6 is 0 Å². The largest absolute Gasteiger partial charge is 0.478 e. The number of carboxylic acid groups (broad SMARTS) is 1. The number of aromatic nitrogens is 1. The van der Waals surface area contributed by atoms with Gasteiger partial charge in [0.1, 0.15) is 0 Å². The predicted octanol–water partition coefficient (Wildman–Crippen LogP) is 5.62. The van der Waals surface area contributed by atoms with E-state index in [4.69, 9.17) is 4.98 Å².